The summed E-state index contributed by atoms with van der Waals surface area (Å²) in [4.78, 5) is 4.35. The number of hydrogen-bond donors (Lipinski definition) is 0. The SMILES string of the molecule is CCCCCCCC=NCCCC. The average Bonchev–Trinajstić information content (AvgIpc) is 2.16. The third-order valence-corrected chi connectivity index (χ3v) is 2.21. The highest BCUT2D eigenvalue weighted by atomic mass is 14.7. The normalized spacial score (nSPS) is 11.2. The molecule has 0 saturated carbocycles. The zero-order valence-corrected chi connectivity index (χ0v) is 9.39. The lowest BCUT2D eigenvalue weighted by atomic mass is 10.1. The van der Waals surface area contributed by atoms with Crippen molar-refractivity contribution in [1.29, 1.82) is 0 Å². The molecule has 0 amide bonds. The minimum absolute atomic E-state index is 1.03. The van der Waals surface area contributed by atoms with Crippen LogP contribution in [0.3, 0.4) is 0 Å². The lowest BCUT2D eigenvalue weighted by Gasteiger charge is -1.95. The van der Waals surface area contributed by atoms with Crippen molar-refractivity contribution in [2.45, 2.75) is 65.2 Å². The van der Waals surface area contributed by atoms with Crippen molar-refractivity contribution in [3.05, 3.63) is 0 Å². The zero-order chi connectivity index (χ0) is 9.78. The predicted molar refractivity (Wildman–Crippen MR) is 61.6 cm³/mol. The Balaban J connectivity index is 2.93. The quantitative estimate of drug-likeness (QED) is 0.375. The van der Waals surface area contributed by atoms with Gasteiger partial charge in [-0.2, -0.15) is 0 Å². The molecule has 0 spiro atoms. The first-order valence-electron chi connectivity index (χ1n) is 5.90. The molecule has 0 unspecified atom stereocenters. The Morgan fingerprint density at radius 3 is 2.23 bits per heavy atom. The second kappa shape index (κ2) is 11.7. The standard InChI is InChI=1S/C12H25N/c1-3-5-7-8-9-10-12-13-11-6-4-2/h12H,3-11H2,1-2H3. The molecule has 0 N–H and O–H groups in total. The highest BCUT2D eigenvalue weighted by Crippen LogP contribution is 2.03. The molecule has 0 aliphatic rings. The molecular weight excluding hydrogens is 158 g/mol. The fourth-order valence-corrected chi connectivity index (χ4v) is 1.27. The van der Waals surface area contributed by atoms with Crippen molar-refractivity contribution in [2.24, 2.45) is 4.99 Å². The predicted octanol–water partition coefficient (Wildman–Crippen LogP) is 4.22. The van der Waals surface area contributed by atoms with Crippen molar-refractivity contribution >= 4 is 6.21 Å². The van der Waals surface area contributed by atoms with Gasteiger partial charge in [-0.3, -0.25) is 4.99 Å². The van der Waals surface area contributed by atoms with Crippen LogP contribution in [0.1, 0.15) is 65.2 Å². The third kappa shape index (κ3) is 11.7. The van der Waals surface area contributed by atoms with Crippen LogP contribution in [0.2, 0.25) is 0 Å². The van der Waals surface area contributed by atoms with E-state index >= 15 is 0 Å². The van der Waals surface area contributed by atoms with Crippen molar-refractivity contribution in [2.75, 3.05) is 6.54 Å². The molecule has 0 aliphatic heterocycles. The fourth-order valence-electron chi connectivity index (χ4n) is 1.27. The van der Waals surface area contributed by atoms with E-state index in [4.69, 9.17) is 0 Å². The Hall–Kier alpha value is -0.330. The molecule has 0 heterocycles. The highest BCUT2D eigenvalue weighted by Gasteiger charge is 1.86. The molecule has 0 fully saturated rings. The topological polar surface area (TPSA) is 12.4 Å². The second-order valence-corrected chi connectivity index (χ2v) is 3.65. The van der Waals surface area contributed by atoms with Crippen LogP contribution in [0.4, 0.5) is 0 Å². The molecule has 13 heavy (non-hydrogen) atoms. The summed E-state index contributed by atoms with van der Waals surface area (Å²) in [6.07, 6.45) is 12.6. The van der Waals surface area contributed by atoms with E-state index in [1.807, 2.05) is 0 Å². The molecule has 0 atom stereocenters. The molecule has 0 aromatic heterocycles. The molecule has 0 saturated heterocycles. The van der Waals surface area contributed by atoms with Gasteiger partial charge in [-0.15, -0.1) is 0 Å². The molecule has 0 aromatic rings. The van der Waals surface area contributed by atoms with E-state index in [0.717, 1.165) is 6.54 Å². The summed E-state index contributed by atoms with van der Waals surface area (Å²) >= 11 is 0. The van der Waals surface area contributed by atoms with Crippen molar-refractivity contribution in [3.8, 4) is 0 Å². The van der Waals surface area contributed by atoms with Gasteiger partial charge in [-0.1, -0.05) is 46.0 Å². The highest BCUT2D eigenvalue weighted by molar-refractivity contribution is 5.56. The molecular formula is C12H25N. The van der Waals surface area contributed by atoms with Gasteiger partial charge in [0.25, 0.3) is 0 Å². The summed E-state index contributed by atoms with van der Waals surface area (Å²) in [6, 6.07) is 0. The summed E-state index contributed by atoms with van der Waals surface area (Å²) in [6.45, 7) is 5.50. The summed E-state index contributed by atoms with van der Waals surface area (Å²) in [5.74, 6) is 0. The van der Waals surface area contributed by atoms with Crippen molar-refractivity contribution in [3.63, 3.8) is 0 Å². The Labute approximate surface area is 83.6 Å². The largest absolute Gasteiger partial charge is 0.298 e. The smallest absolute Gasteiger partial charge is 0.0385 e. The van der Waals surface area contributed by atoms with Crippen LogP contribution < -0.4 is 0 Å². The van der Waals surface area contributed by atoms with E-state index in [1.165, 1.54) is 51.4 Å². The second-order valence-electron chi connectivity index (χ2n) is 3.65. The van der Waals surface area contributed by atoms with Crippen LogP contribution in [0.25, 0.3) is 0 Å². The minimum atomic E-state index is 1.03. The molecule has 0 aromatic carbocycles. The fraction of sp³-hybridized carbons (Fsp3) is 0.917. The van der Waals surface area contributed by atoms with Crippen LogP contribution in [-0.2, 0) is 0 Å². The maximum Gasteiger partial charge on any atom is 0.0385 e. The molecule has 1 heteroatoms. The van der Waals surface area contributed by atoms with Gasteiger partial charge < -0.3 is 0 Å². The van der Waals surface area contributed by atoms with Gasteiger partial charge in [0.1, 0.15) is 0 Å². The van der Waals surface area contributed by atoms with Crippen molar-refractivity contribution < 1.29 is 0 Å². The number of nitrogens with zero attached hydrogens (tertiary/aromatic N) is 1. The van der Waals surface area contributed by atoms with Gasteiger partial charge >= 0.3 is 0 Å². The van der Waals surface area contributed by atoms with Gasteiger partial charge in [0.05, 0.1) is 0 Å². The lowest BCUT2D eigenvalue weighted by Crippen LogP contribution is -1.83. The third-order valence-electron chi connectivity index (χ3n) is 2.21. The van der Waals surface area contributed by atoms with E-state index in [-0.39, 0.29) is 0 Å². The van der Waals surface area contributed by atoms with E-state index in [2.05, 4.69) is 25.1 Å². The van der Waals surface area contributed by atoms with E-state index in [9.17, 15) is 0 Å². The monoisotopic (exact) mass is 183 g/mol. The summed E-state index contributed by atoms with van der Waals surface area (Å²) in [5.41, 5.74) is 0. The Bertz CT molecular complexity index is 108. The zero-order valence-electron chi connectivity index (χ0n) is 9.39. The number of aliphatic imine (C=N–C) groups is 1. The van der Waals surface area contributed by atoms with Crippen LogP contribution in [0.5, 0.6) is 0 Å². The van der Waals surface area contributed by atoms with Gasteiger partial charge in [0.15, 0.2) is 0 Å². The summed E-state index contributed by atoms with van der Waals surface area (Å²) in [7, 11) is 0. The number of unbranched alkanes of at least 4 members (excludes halogenated alkanes) is 6. The Morgan fingerprint density at radius 2 is 1.54 bits per heavy atom. The summed E-state index contributed by atoms with van der Waals surface area (Å²) < 4.78 is 0. The molecule has 0 radical (unpaired) electrons. The average molecular weight is 183 g/mol. The van der Waals surface area contributed by atoms with Crippen molar-refractivity contribution in [1.82, 2.24) is 0 Å². The number of hydrogen-bond acceptors (Lipinski definition) is 1. The van der Waals surface area contributed by atoms with Gasteiger partial charge in [0, 0.05) is 6.54 Å². The number of rotatable bonds is 9. The van der Waals surface area contributed by atoms with E-state index in [1.54, 1.807) is 0 Å². The summed E-state index contributed by atoms with van der Waals surface area (Å²) in [5, 5.41) is 0. The van der Waals surface area contributed by atoms with E-state index in [0.29, 0.717) is 0 Å². The Morgan fingerprint density at radius 1 is 0.846 bits per heavy atom. The first-order chi connectivity index (χ1) is 6.41. The van der Waals surface area contributed by atoms with Gasteiger partial charge in [-0.05, 0) is 25.5 Å². The molecule has 0 rings (SSSR count). The molecule has 0 bridgehead atoms. The maximum atomic E-state index is 4.35. The van der Waals surface area contributed by atoms with E-state index < -0.39 is 0 Å². The first-order valence-corrected chi connectivity index (χ1v) is 5.90. The van der Waals surface area contributed by atoms with Crippen LogP contribution in [0.15, 0.2) is 4.99 Å². The molecule has 1 nitrogen and oxygen atoms in total. The lowest BCUT2D eigenvalue weighted by molar-refractivity contribution is 0.644. The van der Waals surface area contributed by atoms with Crippen LogP contribution in [0, 0.1) is 0 Å². The molecule has 78 valence electrons. The maximum absolute atomic E-state index is 4.35. The molecule has 0 aliphatic carbocycles. The Kier molecular flexibility index (Phi) is 11.4. The van der Waals surface area contributed by atoms with Gasteiger partial charge in [-0.25, -0.2) is 0 Å². The minimum Gasteiger partial charge on any atom is -0.298 e. The van der Waals surface area contributed by atoms with Crippen LogP contribution in [-0.4, -0.2) is 12.8 Å². The first kappa shape index (κ1) is 12.7. The van der Waals surface area contributed by atoms with Gasteiger partial charge in [0.2, 0.25) is 0 Å². The van der Waals surface area contributed by atoms with Crippen LogP contribution >= 0.6 is 0 Å².